The molecule has 5 nitrogen and oxygen atoms in total. The average molecular weight is 433 g/mol. The minimum absolute atomic E-state index is 0.0924. The summed E-state index contributed by atoms with van der Waals surface area (Å²) in [5.41, 5.74) is 2.29. The molecule has 0 spiro atoms. The van der Waals surface area contributed by atoms with E-state index < -0.39 is 11.6 Å². The first-order valence-electron chi connectivity index (χ1n) is 10.1. The molecule has 0 unspecified atom stereocenters. The lowest BCUT2D eigenvalue weighted by Crippen LogP contribution is -2.13. The zero-order valence-corrected chi connectivity index (χ0v) is 17.4. The highest BCUT2D eigenvalue weighted by Gasteiger charge is 2.20. The lowest BCUT2D eigenvalue weighted by molar-refractivity contribution is -0.116. The molecule has 4 rings (SSSR count). The number of hydrogen-bond acceptors (Lipinski definition) is 3. The summed E-state index contributed by atoms with van der Waals surface area (Å²) in [6, 6.07) is 21.2. The van der Waals surface area contributed by atoms with E-state index in [0.717, 1.165) is 5.69 Å². The number of hydrogen-bond donors (Lipinski definition) is 1. The first kappa shape index (κ1) is 21.2. The van der Waals surface area contributed by atoms with Crippen LogP contribution < -0.4 is 10.1 Å². The molecule has 0 radical (unpaired) electrons. The van der Waals surface area contributed by atoms with Gasteiger partial charge in [-0.05, 0) is 49.7 Å². The number of benzene rings is 3. The maximum atomic E-state index is 13.8. The van der Waals surface area contributed by atoms with Gasteiger partial charge in [0.05, 0.1) is 17.1 Å². The monoisotopic (exact) mass is 433 g/mol. The second-order valence-electron chi connectivity index (χ2n) is 7.20. The van der Waals surface area contributed by atoms with E-state index in [4.69, 9.17) is 4.74 Å². The Morgan fingerprint density at radius 2 is 1.75 bits per heavy atom. The van der Waals surface area contributed by atoms with Crippen LogP contribution in [0.3, 0.4) is 0 Å². The fraction of sp³-hybridized carbons (Fsp3) is 0.120. The van der Waals surface area contributed by atoms with E-state index in [1.165, 1.54) is 24.3 Å². The van der Waals surface area contributed by atoms with Crippen molar-refractivity contribution in [1.29, 1.82) is 0 Å². The molecule has 1 heterocycles. The van der Waals surface area contributed by atoms with Crippen molar-refractivity contribution in [2.45, 2.75) is 19.8 Å². The zero-order chi connectivity index (χ0) is 22.5. The van der Waals surface area contributed by atoms with Crippen molar-refractivity contribution in [2.75, 3.05) is 5.32 Å². The zero-order valence-electron chi connectivity index (χ0n) is 17.4. The fourth-order valence-electron chi connectivity index (χ4n) is 3.33. The molecular weight excluding hydrogens is 412 g/mol. The van der Waals surface area contributed by atoms with Crippen molar-refractivity contribution in [3.05, 3.63) is 102 Å². The number of carbonyl (C=O) groups excluding carboxylic acids is 1. The molecule has 0 aliphatic heterocycles. The summed E-state index contributed by atoms with van der Waals surface area (Å²) in [5.74, 6) is -0.532. The first-order valence-corrected chi connectivity index (χ1v) is 10.1. The topological polar surface area (TPSA) is 56.2 Å². The van der Waals surface area contributed by atoms with Gasteiger partial charge in [-0.1, -0.05) is 36.4 Å². The van der Waals surface area contributed by atoms with Gasteiger partial charge in [0.2, 0.25) is 11.8 Å². The van der Waals surface area contributed by atoms with Gasteiger partial charge in [0.25, 0.3) is 0 Å². The van der Waals surface area contributed by atoms with Crippen LogP contribution in [-0.4, -0.2) is 15.7 Å². The van der Waals surface area contributed by atoms with Crippen LogP contribution in [0.15, 0.2) is 78.9 Å². The van der Waals surface area contributed by atoms with Crippen LogP contribution in [-0.2, 0) is 11.2 Å². The maximum absolute atomic E-state index is 13.8. The van der Waals surface area contributed by atoms with Gasteiger partial charge in [0.15, 0.2) is 0 Å². The predicted molar refractivity (Wildman–Crippen MR) is 118 cm³/mol. The highest BCUT2D eigenvalue weighted by atomic mass is 19.1. The quantitative estimate of drug-likeness (QED) is 0.399. The van der Waals surface area contributed by atoms with E-state index >= 15 is 0 Å². The normalized spacial score (nSPS) is 10.7. The summed E-state index contributed by atoms with van der Waals surface area (Å²) in [4.78, 5) is 12.4. The second kappa shape index (κ2) is 9.43. The molecule has 32 heavy (non-hydrogen) atoms. The van der Waals surface area contributed by atoms with Crippen LogP contribution in [0.1, 0.15) is 17.7 Å². The van der Waals surface area contributed by atoms with Crippen molar-refractivity contribution in [3.63, 3.8) is 0 Å². The number of rotatable bonds is 7. The highest BCUT2D eigenvalue weighted by molar-refractivity contribution is 5.91. The minimum Gasteiger partial charge on any atom is -0.439 e. The smallest absolute Gasteiger partial charge is 0.226 e. The molecule has 1 aromatic heterocycles. The number of anilines is 1. The van der Waals surface area contributed by atoms with E-state index in [1.807, 2.05) is 37.3 Å². The molecule has 0 saturated heterocycles. The predicted octanol–water partition coefficient (Wildman–Crippen LogP) is 5.82. The molecule has 0 aliphatic carbocycles. The summed E-state index contributed by atoms with van der Waals surface area (Å²) in [6.07, 6.45) is 0.402. The van der Waals surface area contributed by atoms with Crippen LogP contribution in [0.4, 0.5) is 14.5 Å². The van der Waals surface area contributed by atoms with Crippen LogP contribution in [0.5, 0.6) is 11.6 Å². The number of para-hydroxylation sites is 2. The largest absolute Gasteiger partial charge is 0.439 e. The van der Waals surface area contributed by atoms with Crippen LogP contribution in [0.2, 0.25) is 0 Å². The van der Waals surface area contributed by atoms with E-state index in [2.05, 4.69) is 10.4 Å². The van der Waals surface area contributed by atoms with Gasteiger partial charge < -0.3 is 10.1 Å². The third-order valence-electron chi connectivity index (χ3n) is 4.90. The fourth-order valence-corrected chi connectivity index (χ4v) is 3.33. The van der Waals surface area contributed by atoms with Gasteiger partial charge >= 0.3 is 0 Å². The molecular formula is C25H21F2N3O2. The number of aryl methyl sites for hydroxylation is 1. The van der Waals surface area contributed by atoms with E-state index in [9.17, 15) is 13.6 Å². The molecule has 0 atom stereocenters. The van der Waals surface area contributed by atoms with E-state index in [-0.39, 0.29) is 18.0 Å². The highest BCUT2D eigenvalue weighted by Crippen LogP contribution is 2.32. The minimum atomic E-state index is -0.496. The second-order valence-corrected chi connectivity index (χ2v) is 7.20. The molecule has 4 aromatic rings. The molecule has 1 N–H and O–H groups in total. The standard InChI is InChI=1S/C25H21F2N3O2/c1-17-21(14-15-24(31)28-23-13-6-5-12-22(23)27)25(32-20-11-7-8-18(26)16-20)30(29-17)19-9-3-2-4-10-19/h2-13,16H,14-15H2,1H3,(H,28,31). The van der Waals surface area contributed by atoms with Crippen molar-refractivity contribution in [2.24, 2.45) is 0 Å². The molecule has 7 heteroatoms. The summed E-state index contributed by atoms with van der Waals surface area (Å²) in [7, 11) is 0. The average Bonchev–Trinajstić information content (AvgIpc) is 3.09. The van der Waals surface area contributed by atoms with Gasteiger partial charge in [-0.2, -0.15) is 5.10 Å². The van der Waals surface area contributed by atoms with Crippen LogP contribution in [0.25, 0.3) is 5.69 Å². The van der Waals surface area contributed by atoms with Gasteiger partial charge in [0, 0.05) is 18.1 Å². The number of nitrogens with zero attached hydrogens (tertiary/aromatic N) is 2. The van der Waals surface area contributed by atoms with Gasteiger partial charge in [-0.15, -0.1) is 0 Å². The first-order chi connectivity index (χ1) is 15.5. The van der Waals surface area contributed by atoms with Crippen LogP contribution >= 0.6 is 0 Å². The Labute approximate surface area is 184 Å². The Hall–Kier alpha value is -4.00. The molecule has 1 amide bonds. The number of aromatic nitrogens is 2. The van der Waals surface area contributed by atoms with Gasteiger partial charge in [-0.3, -0.25) is 4.79 Å². The number of nitrogens with one attached hydrogen (secondary N) is 1. The molecule has 0 fully saturated rings. The third kappa shape index (κ3) is 4.83. The third-order valence-corrected chi connectivity index (χ3v) is 4.90. The number of halogens is 2. The lowest BCUT2D eigenvalue weighted by Gasteiger charge is -2.12. The van der Waals surface area contributed by atoms with E-state index in [0.29, 0.717) is 29.3 Å². The van der Waals surface area contributed by atoms with Crippen molar-refractivity contribution in [3.8, 4) is 17.3 Å². The van der Waals surface area contributed by atoms with Crippen molar-refractivity contribution >= 4 is 11.6 Å². The molecule has 0 aliphatic rings. The number of ether oxygens (including phenoxy) is 1. The lowest BCUT2D eigenvalue weighted by atomic mass is 10.1. The SMILES string of the molecule is Cc1nn(-c2ccccc2)c(Oc2cccc(F)c2)c1CCC(=O)Nc1ccccc1F. The number of carbonyl (C=O) groups is 1. The van der Waals surface area contributed by atoms with E-state index in [1.54, 1.807) is 28.9 Å². The Balaban J connectivity index is 1.61. The van der Waals surface area contributed by atoms with Crippen LogP contribution in [0, 0.1) is 18.6 Å². The molecule has 0 bridgehead atoms. The number of amides is 1. The molecule has 3 aromatic carbocycles. The molecule has 162 valence electrons. The maximum Gasteiger partial charge on any atom is 0.226 e. The molecule has 0 saturated carbocycles. The summed E-state index contributed by atoms with van der Waals surface area (Å²) < 4.78 is 35.2. The van der Waals surface area contributed by atoms with Gasteiger partial charge in [0.1, 0.15) is 17.4 Å². The Morgan fingerprint density at radius 3 is 2.50 bits per heavy atom. The summed E-state index contributed by atoms with van der Waals surface area (Å²) in [5, 5.41) is 7.17. The van der Waals surface area contributed by atoms with Gasteiger partial charge in [-0.25, -0.2) is 13.5 Å². The summed E-state index contributed by atoms with van der Waals surface area (Å²) in [6.45, 7) is 1.82. The van der Waals surface area contributed by atoms with Crippen molar-refractivity contribution in [1.82, 2.24) is 9.78 Å². The Kier molecular flexibility index (Phi) is 6.26. The summed E-state index contributed by atoms with van der Waals surface area (Å²) >= 11 is 0. The Morgan fingerprint density at radius 1 is 1.00 bits per heavy atom. The Bertz CT molecular complexity index is 1240. The van der Waals surface area contributed by atoms with Crippen molar-refractivity contribution < 1.29 is 18.3 Å².